The van der Waals surface area contributed by atoms with E-state index < -0.39 is 0 Å². The van der Waals surface area contributed by atoms with Gasteiger partial charge in [0.2, 0.25) is 5.91 Å². The number of nitrogens with two attached hydrogens (primary N) is 1. The van der Waals surface area contributed by atoms with Crippen molar-refractivity contribution in [3.63, 3.8) is 0 Å². The fourth-order valence-corrected chi connectivity index (χ4v) is 0.848. The summed E-state index contributed by atoms with van der Waals surface area (Å²) in [5, 5.41) is 0.378. The lowest BCUT2D eigenvalue weighted by molar-refractivity contribution is -0.126. The van der Waals surface area contributed by atoms with E-state index in [4.69, 9.17) is 5.73 Å². The Morgan fingerprint density at radius 2 is 2.33 bits per heavy atom. The number of amides is 1. The van der Waals surface area contributed by atoms with Crippen LogP contribution in [0, 0.1) is 0 Å². The molecule has 3 nitrogen and oxygen atoms in total. The Balaban J connectivity index is 3.45. The SMILES string of the molecule is CN(CCN)C(=O)CBr. The van der Waals surface area contributed by atoms with Gasteiger partial charge in [-0.1, -0.05) is 15.9 Å². The maximum absolute atomic E-state index is 10.7. The molecule has 0 unspecified atom stereocenters. The highest BCUT2D eigenvalue weighted by molar-refractivity contribution is 9.09. The molecule has 0 fully saturated rings. The van der Waals surface area contributed by atoms with Crippen molar-refractivity contribution in [2.24, 2.45) is 5.73 Å². The third-order valence-electron chi connectivity index (χ3n) is 1.00. The Hall–Kier alpha value is -0.0900. The minimum Gasteiger partial charge on any atom is -0.344 e. The molecule has 0 saturated carbocycles. The summed E-state index contributed by atoms with van der Waals surface area (Å²) in [5.41, 5.74) is 5.21. The third-order valence-corrected chi connectivity index (χ3v) is 1.48. The second-order valence-electron chi connectivity index (χ2n) is 1.74. The predicted octanol–water partition coefficient (Wildman–Crippen LogP) is -0.202. The van der Waals surface area contributed by atoms with Gasteiger partial charge in [-0.3, -0.25) is 4.79 Å². The normalized spacial score (nSPS) is 9.22. The Morgan fingerprint density at radius 1 is 1.78 bits per heavy atom. The maximum Gasteiger partial charge on any atom is 0.233 e. The Labute approximate surface area is 63.3 Å². The molecular weight excluding hydrogens is 184 g/mol. The zero-order valence-corrected chi connectivity index (χ0v) is 7.02. The summed E-state index contributed by atoms with van der Waals surface area (Å²) < 4.78 is 0. The van der Waals surface area contributed by atoms with Gasteiger partial charge in [-0.15, -0.1) is 0 Å². The molecule has 9 heavy (non-hydrogen) atoms. The molecule has 0 bridgehead atoms. The number of carbonyl (C=O) groups is 1. The summed E-state index contributed by atoms with van der Waals surface area (Å²) in [7, 11) is 1.73. The fraction of sp³-hybridized carbons (Fsp3) is 0.800. The fourth-order valence-electron chi connectivity index (χ4n) is 0.420. The Morgan fingerprint density at radius 3 is 2.67 bits per heavy atom. The van der Waals surface area contributed by atoms with Gasteiger partial charge in [-0.05, 0) is 0 Å². The van der Waals surface area contributed by atoms with Gasteiger partial charge >= 0.3 is 0 Å². The summed E-state index contributed by atoms with van der Waals surface area (Å²) in [5.74, 6) is 0.0699. The molecule has 0 aliphatic rings. The quantitative estimate of drug-likeness (QED) is 0.634. The van der Waals surface area contributed by atoms with Gasteiger partial charge < -0.3 is 10.6 Å². The van der Waals surface area contributed by atoms with E-state index in [2.05, 4.69) is 15.9 Å². The maximum atomic E-state index is 10.7. The van der Waals surface area contributed by atoms with Crippen LogP contribution in [0.3, 0.4) is 0 Å². The Kier molecular flexibility index (Phi) is 4.71. The first-order valence-electron chi connectivity index (χ1n) is 2.72. The molecule has 0 radical (unpaired) electrons. The second kappa shape index (κ2) is 4.76. The number of likely N-dealkylation sites (N-methyl/N-ethyl adjacent to an activating group) is 1. The topological polar surface area (TPSA) is 46.3 Å². The van der Waals surface area contributed by atoms with Crippen LogP contribution in [-0.2, 0) is 4.79 Å². The van der Waals surface area contributed by atoms with Crippen LogP contribution in [0.25, 0.3) is 0 Å². The lowest BCUT2D eigenvalue weighted by Gasteiger charge is -2.13. The average Bonchev–Trinajstić information content (AvgIpc) is 1.87. The molecule has 0 atom stereocenters. The van der Waals surface area contributed by atoms with Crippen LogP contribution in [0.15, 0.2) is 0 Å². The average molecular weight is 195 g/mol. The number of hydrogen-bond acceptors (Lipinski definition) is 2. The zero-order chi connectivity index (χ0) is 7.28. The number of halogens is 1. The van der Waals surface area contributed by atoms with E-state index in [1.165, 1.54) is 0 Å². The van der Waals surface area contributed by atoms with E-state index in [-0.39, 0.29) is 5.91 Å². The summed E-state index contributed by atoms with van der Waals surface area (Å²) in [6, 6.07) is 0. The molecule has 0 aromatic rings. The van der Waals surface area contributed by atoms with Gasteiger partial charge in [0.25, 0.3) is 0 Å². The van der Waals surface area contributed by atoms with E-state index >= 15 is 0 Å². The van der Waals surface area contributed by atoms with Gasteiger partial charge in [0.05, 0.1) is 5.33 Å². The van der Waals surface area contributed by atoms with Crippen LogP contribution >= 0.6 is 15.9 Å². The van der Waals surface area contributed by atoms with E-state index in [0.717, 1.165) is 0 Å². The second-order valence-corrected chi connectivity index (χ2v) is 2.30. The summed E-state index contributed by atoms with van der Waals surface area (Å²) in [6.45, 7) is 1.15. The van der Waals surface area contributed by atoms with E-state index in [9.17, 15) is 4.79 Å². The lowest BCUT2D eigenvalue weighted by atomic mass is 10.5. The number of hydrogen-bond donors (Lipinski definition) is 1. The van der Waals surface area contributed by atoms with Gasteiger partial charge in [-0.2, -0.15) is 0 Å². The molecule has 0 heterocycles. The van der Waals surface area contributed by atoms with Crippen LogP contribution in [0.4, 0.5) is 0 Å². The number of alkyl halides is 1. The largest absolute Gasteiger partial charge is 0.344 e. The highest BCUT2D eigenvalue weighted by Crippen LogP contribution is 1.87. The molecule has 1 amide bonds. The predicted molar refractivity (Wildman–Crippen MR) is 40.5 cm³/mol. The van der Waals surface area contributed by atoms with Gasteiger partial charge in [0.15, 0.2) is 0 Å². The van der Waals surface area contributed by atoms with Crippen molar-refractivity contribution in [2.45, 2.75) is 0 Å². The highest BCUT2D eigenvalue weighted by Gasteiger charge is 2.02. The highest BCUT2D eigenvalue weighted by atomic mass is 79.9. The zero-order valence-electron chi connectivity index (χ0n) is 5.43. The monoisotopic (exact) mass is 194 g/mol. The van der Waals surface area contributed by atoms with Crippen molar-refractivity contribution < 1.29 is 4.79 Å². The molecule has 0 aromatic carbocycles. The van der Waals surface area contributed by atoms with Crippen molar-refractivity contribution >= 4 is 21.8 Å². The van der Waals surface area contributed by atoms with Crippen LogP contribution in [-0.4, -0.2) is 36.3 Å². The molecule has 0 aromatic heterocycles. The number of nitrogens with zero attached hydrogens (tertiary/aromatic N) is 1. The molecule has 4 heteroatoms. The first-order chi connectivity index (χ1) is 4.22. The minimum atomic E-state index is 0.0699. The number of carbonyl (C=O) groups excluding carboxylic acids is 1. The van der Waals surface area contributed by atoms with Crippen molar-refractivity contribution in [1.29, 1.82) is 0 Å². The van der Waals surface area contributed by atoms with E-state index in [1.807, 2.05) is 0 Å². The van der Waals surface area contributed by atoms with Crippen LogP contribution in [0.5, 0.6) is 0 Å². The van der Waals surface area contributed by atoms with Gasteiger partial charge in [0, 0.05) is 20.1 Å². The van der Waals surface area contributed by atoms with Crippen LogP contribution in [0.2, 0.25) is 0 Å². The van der Waals surface area contributed by atoms with Gasteiger partial charge in [-0.25, -0.2) is 0 Å². The molecule has 0 saturated heterocycles. The summed E-state index contributed by atoms with van der Waals surface area (Å²) >= 11 is 3.05. The van der Waals surface area contributed by atoms with Crippen molar-refractivity contribution in [3.05, 3.63) is 0 Å². The lowest BCUT2D eigenvalue weighted by Crippen LogP contribution is -2.32. The summed E-state index contributed by atoms with van der Waals surface area (Å²) in [6.07, 6.45) is 0. The smallest absolute Gasteiger partial charge is 0.233 e. The first-order valence-corrected chi connectivity index (χ1v) is 3.84. The van der Waals surface area contributed by atoms with Crippen LogP contribution in [0.1, 0.15) is 0 Å². The van der Waals surface area contributed by atoms with Crippen molar-refractivity contribution in [2.75, 3.05) is 25.5 Å². The molecular formula is C5H11BrN2O. The van der Waals surface area contributed by atoms with Crippen molar-refractivity contribution in [3.8, 4) is 0 Å². The minimum absolute atomic E-state index is 0.0699. The first kappa shape index (κ1) is 8.91. The summed E-state index contributed by atoms with van der Waals surface area (Å²) in [4.78, 5) is 12.3. The van der Waals surface area contributed by atoms with Crippen molar-refractivity contribution in [1.82, 2.24) is 4.90 Å². The molecule has 0 aliphatic carbocycles. The number of rotatable bonds is 3. The standard InChI is InChI=1S/C5H11BrN2O/c1-8(3-2-7)5(9)4-6/h2-4,7H2,1H3. The molecule has 2 N–H and O–H groups in total. The molecule has 0 rings (SSSR count). The third kappa shape index (κ3) is 3.48. The van der Waals surface area contributed by atoms with E-state index in [0.29, 0.717) is 18.4 Å². The molecule has 0 spiro atoms. The van der Waals surface area contributed by atoms with Crippen LogP contribution < -0.4 is 5.73 Å². The molecule has 0 aliphatic heterocycles. The van der Waals surface area contributed by atoms with Gasteiger partial charge in [0.1, 0.15) is 0 Å². The molecule has 54 valence electrons. The van der Waals surface area contributed by atoms with E-state index in [1.54, 1.807) is 11.9 Å². The Bertz CT molecular complexity index is 97.0.